The lowest BCUT2D eigenvalue weighted by Gasteiger charge is -2.28. The Morgan fingerprint density at radius 3 is 2.94 bits per heavy atom. The van der Waals surface area contributed by atoms with Crippen LogP contribution in [0.1, 0.15) is 0 Å². The summed E-state index contributed by atoms with van der Waals surface area (Å²) in [6.45, 7) is 2.29. The van der Waals surface area contributed by atoms with Gasteiger partial charge in [0.2, 0.25) is 0 Å². The Labute approximate surface area is 107 Å². The first-order chi connectivity index (χ1) is 7.84. The third-order valence-electron chi connectivity index (χ3n) is 2.87. The monoisotopic (exact) mass is 297 g/mol. The number of halogens is 1. The molecule has 0 spiro atoms. The van der Waals surface area contributed by atoms with Crippen molar-refractivity contribution in [3.05, 3.63) is 22.8 Å². The van der Waals surface area contributed by atoms with Crippen LogP contribution in [0.5, 0.6) is 0 Å². The molecular weight excluding hydrogens is 286 g/mol. The number of H-pyrrole nitrogens is 1. The number of fused-ring (bicyclic) bond motifs is 1. The molecule has 1 aliphatic rings. The quantitative estimate of drug-likeness (QED) is 0.878. The third-order valence-corrected chi connectivity index (χ3v) is 4.41. The van der Waals surface area contributed by atoms with Crippen LogP contribution in [-0.4, -0.2) is 34.8 Å². The van der Waals surface area contributed by atoms with Gasteiger partial charge in [-0.2, -0.15) is 16.9 Å². The van der Waals surface area contributed by atoms with Crippen LogP contribution in [0.15, 0.2) is 22.8 Å². The van der Waals surface area contributed by atoms with Crippen molar-refractivity contribution in [3.8, 4) is 0 Å². The molecule has 1 aromatic heterocycles. The molecular formula is C11H12BrN3S. The molecule has 1 saturated heterocycles. The number of benzene rings is 1. The van der Waals surface area contributed by atoms with Crippen molar-refractivity contribution in [2.24, 2.45) is 0 Å². The van der Waals surface area contributed by atoms with Crippen LogP contribution in [0.25, 0.3) is 10.9 Å². The molecule has 1 N–H and O–H groups in total. The Kier molecular flexibility index (Phi) is 2.81. The van der Waals surface area contributed by atoms with Gasteiger partial charge in [-0.25, -0.2) is 0 Å². The van der Waals surface area contributed by atoms with Crippen LogP contribution >= 0.6 is 27.7 Å². The summed E-state index contributed by atoms with van der Waals surface area (Å²) in [7, 11) is 0. The second kappa shape index (κ2) is 4.30. The molecule has 3 nitrogen and oxygen atoms in total. The fraction of sp³-hybridized carbons (Fsp3) is 0.364. The van der Waals surface area contributed by atoms with E-state index in [-0.39, 0.29) is 0 Å². The Hall–Kier alpha value is -0.680. The molecule has 3 rings (SSSR count). The van der Waals surface area contributed by atoms with Gasteiger partial charge in [-0.15, -0.1) is 0 Å². The topological polar surface area (TPSA) is 31.9 Å². The molecule has 0 bridgehead atoms. The zero-order valence-corrected chi connectivity index (χ0v) is 11.1. The second-order valence-electron chi connectivity index (χ2n) is 3.84. The van der Waals surface area contributed by atoms with E-state index in [1.807, 2.05) is 11.8 Å². The minimum atomic E-state index is 0.968. The number of rotatable bonds is 1. The van der Waals surface area contributed by atoms with E-state index in [0.29, 0.717) is 0 Å². The van der Waals surface area contributed by atoms with E-state index in [1.54, 1.807) is 0 Å². The third kappa shape index (κ3) is 1.82. The van der Waals surface area contributed by atoms with Crippen molar-refractivity contribution in [3.63, 3.8) is 0 Å². The number of hydrogen-bond donors (Lipinski definition) is 1. The van der Waals surface area contributed by atoms with Gasteiger partial charge >= 0.3 is 0 Å². The summed E-state index contributed by atoms with van der Waals surface area (Å²) in [5, 5.41) is 8.32. The highest BCUT2D eigenvalue weighted by molar-refractivity contribution is 9.10. The van der Waals surface area contributed by atoms with Crippen molar-refractivity contribution >= 4 is 44.3 Å². The van der Waals surface area contributed by atoms with Crippen molar-refractivity contribution < 1.29 is 0 Å². The first-order valence-corrected chi connectivity index (χ1v) is 7.26. The molecule has 0 radical (unpaired) electrons. The van der Waals surface area contributed by atoms with Gasteiger partial charge in [0.1, 0.15) is 4.60 Å². The predicted molar refractivity (Wildman–Crippen MR) is 73.3 cm³/mol. The second-order valence-corrected chi connectivity index (χ2v) is 5.86. The highest BCUT2D eigenvalue weighted by Crippen LogP contribution is 2.27. The molecule has 1 aromatic carbocycles. The van der Waals surface area contributed by atoms with Gasteiger partial charge in [-0.1, -0.05) is 0 Å². The predicted octanol–water partition coefficient (Wildman–Crippen LogP) is 2.88. The van der Waals surface area contributed by atoms with E-state index in [4.69, 9.17) is 0 Å². The van der Waals surface area contributed by atoms with Crippen molar-refractivity contribution in [2.45, 2.75) is 0 Å². The van der Waals surface area contributed by atoms with E-state index < -0.39 is 0 Å². The lowest BCUT2D eigenvalue weighted by Crippen LogP contribution is -2.32. The molecule has 1 fully saturated rings. The largest absolute Gasteiger partial charge is 0.370 e. The molecule has 2 heterocycles. The number of nitrogens with zero attached hydrogens (tertiary/aromatic N) is 2. The smallest absolute Gasteiger partial charge is 0.108 e. The summed E-state index contributed by atoms with van der Waals surface area (Å²) in [6, 6.07) is 6.44. The summed E-state index contributed by atoms with van der Waals surface area (Å²) in [6.07, 6.45) is 0. The van der Waals surface area contributed by atoms with Crippen molar-refractivity contribution in [2.75, 3.05) is 29.5 Å². The number of hydrogen-bond acceptors (Lipinski definition) is 3. The van der Waals surface area contributed by atoms with Gasteiger partial charge in [-0.3, -0.25) is 5.10 Å². The first-order valence-electron chi connectivity index (χ1n) is 5.31. The molecule has 0 unspecified atom stereocenters. The van der Waals surface area contributed by atoms with E-state index in [2.05, 4.69) is 49.2 Å². The zero-order chi connectivity index (χ0) is 11.0. The number of aromatic nitrogens is 2. The maximum Gasteiger partial charge on any atom is 0.108 e. The maximum atomic E-state index is 4.21. The zero-order valence-electron chi connectivity index (χ0n) is 8.74. The molecule has 0 saturated carbocycles. The Balaban J connectivity index is 1.99. The molecule has 5 heteroatoms. The highest BCUT2D eigenvalue weighted by Gasteiger charge is 2.12. The Morgan fingerprint density at radius 1 is 1.31 bits per heavy atom. The molecule has 0 amide bonds. The average molecular weight is 298 g/mol. The molecule has 0 aliphatic carbocycles. The molecule has 2 aromatic rings. The minimum absolute atomic E-state index is 0.968. The Bertz CT molecular complexity index is 505. The van der Waals surface area contributed by atoms with E-state index >= 15 is 0 Å². The van der Waals surface area contributed by atoms with Crippen LogP contribution < -0.4 is 4.90 Å². The van der Waals surface area contributed by atoms with Crippen LogP contribution in [-0.2, 0) is 0 Å². The lowest BCUT2D eigenvalue weighted by molar-refractivity contribution is 0.860. The van der Waals surface area contributed by atoms with Gasteiger partial charge in [-0.05, 0) is 34.1 Å². The van der Waals surface area contributed by atoms with Crippen LogP contribution in [0.4, 0.5) is 5.69 Å². The standard InChI is InChI=1S/C11H12BrN3S/c12-11-9-7-8(1-2-10(9)13-14-11)15-3-5-16-6-4-15/h1-2,7H,3-6H2,(H,13,14). The van der Waals surface area contributed by atoms with Gasteiger partial charge in [0.15, 0.2) is 0 Å². The summed E-state index contributed by atoms with van der Waals surface area (Å²) in [5.74, 6) is 2.45. The normalized spacial score (nSPS) is 16.9. The van der Waals surface area contributed by atoms with Crippen molar-refractivity contribution in [1.29, 1.82) is 0 Å². The molecule has 1 aliphatic heterocycles. The SMILES string of the molecule is Brc1[nH]nc2ccc(N3CCSCC3)cc12. The van der Waals surface area contributed by atoms with E-state index in [0.717, 1.165) is 28.6 Å². The first kappa shape index (κ1) is 10.5. The fourth-order valence-electron chi connectivity index (χ4n) is 1.99. The average Bonchev–Trinajstić information content (AvgIpc) is 2.72. The van der Waals surface area contributed by atoms with Gasteiger partial charge in [0.25, 0.3) is 0 Å². The fourth-order valence-corrected chi connectivity index (χ4v) is 3.29. The summed E-state index contributed by atoms with van der Waals surface area (Å²) < 4.78 is 0.968. The molecule has 0 atom stereocenters. The number of nitrogens with one attached hydrogen (secondary N) is 1. The summed E-state index contributed by atoms with van der Waals surface area (Å²) >= 11 is 5.52. The number of aromatic amines is 1. The van der Waals surface area contributed by atoms with E-state index in [9.17, 15) is 0 Å². The van der Waals surface area contributed by atoms with Crippen molar-refractivity contribution in [1.82, 2.24) is 10.2 Å². The highest BCUT2D eigenvalue weighted by atomic mass is 79.9. The van der Waals surface area contributed by atoms with Gasteiger partial charge in [0, 0.05) is 35.7 Å². The van der Waals surface area contributed by atoms with E-state index in [1.165, 1.54) is 17.2 Å². The van der Waals surface area contributed by atoms with Gasteiger partial charge in [0.05, 0.1) is 5.52 Å². The number of anilines is 1. The van der Waals surface area contributed by atoms with Crippen LogP contribution in [0, 0.1) is 0 Å². The van der Waals surface area contributed by atoms with Gasteiger partial charge < -0.3 is 4.90 Å². The summed E-state index contributed by atoms with van der Waals surface area (Å²) in [4.78, 5) is 2.44. The summed E-state index contributed by atoms with van der Waals surface area (Å²) in [5.41, 5.74) is 2.32. The van der Waals surface area contributed by atoms with Crippen LogP contribution in [0.3, 0.4) is 0 Å². The number of thioether (sulfide) groups is 1. The Morgan fingerprint density at radius 2 is 2.12 bits per heavy atom. The lowest BCUT2D eigenvalue weighted by atomic mass is 10.2. The minimum Gasteiger partial charge on any atom is -0.370 e. The molecule has 84 valence electrons. The maximum absolute atomic E-state index is 4.21. The molecule has 16 heavy (non-hydrogen) atoms. The van der Waals surface area contributed by atoms with Crippen LogP contribution in [0.2, 0.25) is 0 Å².